The number of nitrogens with zero attached hydrogens (tertiary/aromatic N) is 3. The number of aromatic nitrogens is 2. The molecule has 1 saturated carbocycles. The normalized spacial score (nSPS) is 18.8. The largest absolute Gasteiger partial charge is 0.466 e. The van der Waals surface area contributed by atoms with Gasteiger partial charge in [0.1, 0.15) is 6.04 Å². The standard InChI is InChI=1S/C23H23N3O3S2/c1-12-10-15(14(3)25(12)16-7-8-16)11-18-21(27)26-20(17-6-5-9-30-17)19(22(28)29-4)13(2)24-23(26)31-18/h5-6,9-11,16,20H,7-8H2,1-4H3/b18-11-/t20-/m1/s1. The molecular weight excluding hydrogens is 430 g/mol. The highest BCUT2D eigenvalue weighted by molar-refractivity contribution is 7.10. The van der Waals surface area contributed by atoms with E-state index in [-0.39, 0.29) is 5.56 Å². The zero-order chi connectivity index (χ0) is 21.9. The molecule has 0 spiro atoms. The average molecular weight is 454 g/mol. The molecule has 1 aliphatic heterocycles. The molecule has 2 aliphatic rings. The van der Waals surface area contributed by atoms with Gasteiger partial charge >= 0.3 is 5.97 Å². The second-order valence-electron chi connectivity index (χ2n) is 8.02. The second-order valence-corrected chi connectivity index (χ2v) is 10.0. The van der Waals surface area contributed by atoms with Crippen molar-refractivity contribution in [2.24, 2.45) is 4.99 Å². The Bertz CT molecular complexity index is 1400. The number of thiophene rings is 1. The Labute approximate surface area is 187 Å². The van der Waals surface area contributed by atoms with E-state index < -0.39 is 12.0 Å². The molecule has 0 saturated heterocycles. The van der Waals surface area contributed by atoms with Gasteiger partial charge in [0.15, 0.2) is 4.80 Å². The molecule has 160 valence electrons. The van der Waals surface area contributed by atoms with E-state index in [0.717, 1.165) is 10.4 Å². The van der Waals surface area contributed by atoms with Crippen molar-refractivity contribution in [2.75, 3.05) is 7.11 Å². The van der Waals surface area contributed by atoms with Crippen LogP contribution in [-0.2, 0) is 9.53 Å². The summed E-state index contributed by atoms with van der Waals surface area (Å²) in [5.41, 5.74) is 4.34. The zero-order valence-electron chi connectivity index (χ0n) is 17.8. The van der Waals surface area contributed by atoms with Crippen molar-refractivity contribution in [2.45, 2.75) is 45.7 Å². The molecule has 0 bridgehead atoms. The van der Waals surface area contributed by atoms with Gasteiger partial charge in [-0.25, -0.2) is 9.79 Å². The maximum absolute atomic E-state index is 13.5. The van der Waals surface area contributed by atoms with Gasteiger partial charge in [0.25, 0.3) is 5.56 Å². The summed E-state index contributed by atoms with van der Waals surface area (Å²) in [4.78, 5) is 32.3. The van der Waals surface area contributed by atoms with Gasteiger partial charge in [-0.1, -0.05) is 17.4 Å². The first kappa shape index (κ1) is 20.2. The highest BCUT2D eigenvalue weighted by atomic mass is 32.1. The molecule has 3 aromatic heterocycles. The molecular formula is C23H23N3O3S2. The number of carbonyl (C=O) groups is 1. The maximum Gasteiger partial charge on any atom is 0.338 e. The van der Waals surface area contributed by atoms with Gasteiger partial charge in [0.2, 0.25) is 0 Å². The molecule has 0 unspecified atom stereocenters. The Morgan fingerprint density at radius 1 is 1.26 bits per heavy atom. The summed E-state index contributed by atoms with van der Waals surface area (Å²) in [6.45, 7) is 6.03. The van der Waals surface area contributed by atoms with E-state index in [0.29, 0.717) is 26.6 Å². The van der Waals surface area contributed by atoms with Crippen molar-refractivity contribution in [3.63, 3.8) is 0 Å². The number of thiazole rings is 1. The molecule has 0 aromatic carbocycles. The van der Waals surface area contributed by atoms with Gasteiger partial charge in [-0.2, -0.15) is 0 Å². The summed E-state index contributed by atoms with van der Waals surface area (Å²) < 4.78 is 9.66. The monoisotopic (exact) mass is 453 g/mol. The highest BCUT2D eigenvalue weighted by Gasteiger charge is 2.33. The third-order valence-corrected chi connectivity index (χ3v) is 7.87. The van der Waals surface area contributed by atoms with Crippen molar-refractivity contribution in [1.29, 1.82) is 0 Å². The van der Waals surface area contributed by atoms with Crippen LogP contribution in [0.5, 0.6) is 0 Å². The molecule has 0 radical (unpaired) electrons. The molecule has 1 atom stereocenters. The topological polar surface area (TPSA) is 65.6 Å². The van der Waals surface area contributed by atoms with Crippen LogP contribution in [0.15, 0.2) is 44.6 Å². The lowest BCUT2D eigenvalue weighted by atomic mass is 10.0. The number of aryl methyl sites for hydroxylation is 1. The van der Waals surface area contributed by atoms with Gasteiger partial charge in [0.05, 0.1) is 22.9 Å². The fourth-order valence-corrected chi connectivity index (χ4v) is 6.25. The van der Waals surface area contributed by atoms with E-state index in [1.807, 2.05) is 23.6 Å². The third kappa shape index (κ3) is 3.25. The number of rotatable bonds is 4. The Kier molecular flexibility index (Phi) is 4.86. The van der Waals surface area contributed by atoms with E-state index in [1.54, 1.807) is 11.5 Å². The Morgan fingerprint density at radius 3 is 2.68 bits per heavy atom. The van der Waals surface area contributed by atoms with Gasteiger partial charge in [0, 0.05) is 22.3 Å². The smallest absolute Gasteiger partial charge is 0.338 e. The Hall–Kier alpha value is -2.71. The molecule has 5 rings (SSSR count). The summed E-state index contributed by atoms with van der Waals surface area (Å²) in [5, 5.41) is 1.95. The van der Waals surface area contributed by atoms with Crippen molar-refractivity contribution in [3.05, 3.63) is 76.4 Å². The number of carbonyl (C=O) groups excluding carboxylic acids is 1. The molecule has 8 heteroatoms. The minimum atomic E-state index is -0.523. The first-order chi connectivity index (χ1) is 14.9. The van der Waals surface area contributed by atoms with Gasteiger partial charge in [-0.15, -0.1) is 11.3 Å². The number of fused-ring (bicyclic) bond motifs is 1. The summed E-state index contributed by atoms with van der Waals surface area (Å²) in [5.74, 6) is -0.457. The lowest BCUT2D eigenvalue weighted by Gasteiger charge is -2.22. The minimum Gasteiger partial charge on any atom is -0.466 e. The average Bonchev–Trinajstić information content (AvgIpc) is 3.20. The summed E-state index contributed by atoms with van der Waals surface area (Å²) >= 11 is 2.88. The van der Waals surface area contributed by atoms with Crippen molar-refractivity contribution < 1.29 is 9.53 Å². The molecule has 6 nitrogen and oxygen atoms in total. The SMILES string of the molecule is COC(=O)C1=C(C)N=c2s/c(=C\c3cc(C)n(C4CC4)c3C)c(=O)n2[C@@H]1c1cccs1. The highest BCUT2D eigenvalue weighted by Crippen LogP contribution is 2.38. The molecule has 3 aromatic rings. The first-order valence-corrected chi connectivity index (χ1v) is 11.9. The fourth-order valence-electron chi connectivity index (χ4n) is 4.39. The van der Waals surface area contributed by atoms with Crippen LogP contribution in [0.1, 0.15) is 53.7 Å². The Morgan fingerprint density at radius 2 is 2.03 bits per heavy atom. The van der Waals surface area contributed by atoms with Crippen LogP contribution in [0.4, 0.5) is 0 Å². The van der Waals surface area contributed by atoms with E-state index in [4.69, 9.17) is 4.74 Å². The fraction of sp³-hybridized carbons (Fsp3) is 0.348. The lowest BCUT2D eigenvalue weighted by Crippen LogP contribution is -2.39. The van der Waals surface area contributed by atoms with Crippen LogP contribution in [-0.4, -0.2) is 22.2 Å². The second kappa shape index (κ2) is 7.46. The summed E-state index contributed by atoms with van der Waals surface area (Å²) in [6.07, 6.45) is 4.40. The van der Waals surface area contributed by atoms with Crippen LogP contribution >= 0.6 is 22.7 Å². The summed E-state index contributed by atoms with van der Waals surface area (Å²) in [7, 11) is 1.36. The van der Waals surface area contributed by atoms with Gasteiger partial charge in [-0.3, -0.25) is 9.36 Å². The molecule has 4 heterocycles. The van der Waals surface area contributed by atoms with Crippen LogP contribution in [0, 0.1) is 13.8 Å². The lowest BCUT2D eigenvalue weighted by molar-refractivity contribution is -0.136. The Balaban J connectivity index is 1.71. The maximum atomic E-state index is 13.5. The molecule has 0 N–H and O–H groups in total. The molecule has 31 heavy (non-hydrogen) atoms. The molecule has 1 fully saturated rings. The van der Waals surface area contributed by atoms with Crippen LogP contribution in [0.3, 0.4) is 0 Å². The minimum absolute atomic E-state index is 0.132. The van der Waals surface area contributed by atoms with Crippen LogP contribution in [0.25, 0.3) is 6.08 Å². The number of esters is 1. The van der Waals surface area contributed by atoms with Gasteiger partial charge in [-0.05, 0) is 62.8 Å². The van der Waals surface area contributed by atoms with Crippen molar-refractivity contribution in [1.82, 2.24) is 9.13 Å². The van der Waals surface area contributed by atoms with Crippen LogP contribution < -0.4 is 14.9 Å². The number of ether oxygens (including phenoxy) is 1. The predicted octanol–water partition coefficient (Wildman–Crippen LogP) is 3.22. The number of hydrogen-bond acceptors (Lipinski definition) is 6. The molecule has 0 amide bonds. The number of hydrogen-bond donors (Lipinski definition) is 0. The molecule has 1 aliphatic carbocycles. The summed E-state index contributed by atoms with van der Waals surface area (Å²) in [6, 6.07) is 6.08. The van der Waals surface area contributed by atoms with E-state index in [9.17, 15) is 9.59 Å². The third-order valence-electron chi connectivity index (χ3n) is 5.96. The quantitative estimate of drug-likeness (QED) is 0.570. The van der Waals surface area contributed by atoms with Gasteiger partial charge < -0.3 is 9.30 Å². The zero-order valence-corrected chi connectivity index (χ0v) is 19.5. The number of methoxy groups -OCH3 is 1. The first-order valence-electron chi connectivity index (χ1n) is 10.2. The van der Waals surface area contributed by atoms with Crippen molar-refractivity contribution in [3.8, 4) is 0 Å². The van der Waals surface area contributed by atoms with Crippen molar-refractivity contribution >= 4 is 34.7 Å². The number of allylic oxidation sites excluding steroid dienone is 1. The van der Waals surface area contributed by atoms with E-state index in [2.05, 4.69) is 29.5 Å². The van der Waals surface area contributed by atoms with E-state index in [1.165, 1.54) is 54.0 Å². The predicted molar refractivity (Wildman–Crippen MR) is 122 cm³/mol. The van der Waals surface area contributed by atoms with Crippen LogP contribution in [0.2, 0.25) is 0 Å². The van der Waals surface area contributed by atoms with E-state index >= 15 is 0 Å².